The van der Waals surface area contributed by atoms with Gasteiger partial charge < -0.3 is 14.8 Å². The summed E-state index contributed by atoms with van der Waals surface area (Å²) in [4.78, 5) is 11.9. The molecule has 88 valence electrons. The first-order valence-electron chi connectivity index (χ1n) is 5.64. The molecule has 0 spiro atoms. The van der Waals surface area contributed by atoms with E-state index in [4.69, 9.17) is 9.47 Å². The number of ether oxygens (including phenoxy) is 2. The molecular weight excluding hydrogens is 218 g/mol. The van der Waals surface area contributed by atoms with Crippen LogP contribution in [0, 0.1) is 0 Å². The number of carbonyl (C=O) groups excluding carboxylic acids is 1. The Bertz CT molecular complexity index is 443. The number of amides is 1. The first-order valence-corrected chi connectivity index (χ1v) is 5.64. The molecule has 3 atom stereocenters. The van der Waals surface area contributed by atoms with Gasteiger partial charge in [0.25, 0.3) is 5.91 Å². The van der Waals surface area contributed by atoms with Crippen LogP contribution in [0.3, 0.4) is 0 Å². The second-order valence-electron chi connectivity index (χ2n) is 4.13. The average molecular weight is 231 g/mol. The van der Waals surface area contributed by atoms with E-state index in [1.165, 1.54) is 0 Å². The van der Waals surface area contributed by atoms with Crippen LogP contribution in [0.1, 0.15) is 10.4 Å². The van der Waals surface area contributed by atoms with Crippen molar-refractivity contribution in [3.8, 4) is 0 Å². The summed E-state index contributed by atoms with van der Waals surface area (Å²) >= 11 is 0. The minimum atomic E-state index is -0.349. The molecule has 2 bridgehead atoms. The predicted octanol–water partition coefficient (Wildman–Crippen LogP) is 1.10. The first kappa shape index (κ1) is 10.5. The minimum Gasteiger partial charge on any atom is -0.347 e. The number of nitrogens with one attached hydrogen (secondary N) is 1. The van der Waals surface area contributed by atoms with Crippen molar-refractivity contribution >= 4 is 5.91 Å². The fourth-order valence-corrected chi connectivity index (χ4v) is 2.00. The third kappa shape index (κ3) is 2.09. The van der Waals surface area contributed by atoms with E-state index in [2.05, 4.69) is 5.32 Å². The maximum atomic E-state index is 11.9. The molecule has 0 aromatic heterocycles. The molecule has 1 aromatic rings. The van der Waals surface area contributed by atoms with Gasteiger partial charge in [-0.25, -0.2) is 0 Å². The molecule has 0 aliphatic carbocycles. The molecule has 0 saturated carbocycles. The van der Waals surface area contributed by atoms with Gasteiger partial charge in [-0.05, 0) is 12.1 Å². The fourth-order valence-electron chi connectivity index (χ4n) is 2.00. The summed E-state index contributed by atoms with van der Waals surface area (Å²) in [7, 11) is 0. The van der Waals surface area contributed by atoms with Gasteiger partial charge in [0.2, 0.25) is 0 Å². The molecule has 2 heterocycles. The lowest BCUT2D eigenvalue weighted by Crippen LogP contribution is -2.44. The van der Waals surface area contributed by atoms with Crippen LogP contribution in [0.2, 0.25) is 0 Å². The monoisotopic (exact) mass is 231 g/mol. The van der Waals surface area contributed by atoms with Crippen molar-refractivity contribution in [2.75, 3.05) is 6.61 Å². The van der Waals surface area contributed by atoms with Crippen LogP contribution in [-0.4, -0.2) is 30.9 Å². The molecule has 1 fully saturated rings. The maximum absolute atomic E-state index is 11.9. The normalized spacial score (nSPS) is 30.2. The van der Waals surface area contributed by atoms with E-state index in [1.54, 1.807) is 12.1 Å². The lowest BCUT2D eigenvalue weighted by atomic mass is 10.1. The summed E-state index contributed by atoms with van der Waals surface area (Å²) in [5.74, 6) is -0.113. The Hall–Kier alpha value is -1.65. The quantitative estimate of drug-likeness (QED) is 0.775. The van der Waals surface area contributed by atoms with E-state index in [-0.39, 0.29) is 24.3 Å². The highest BCUT2D eigenvalue weighted by molar-refractivity contribution is 5.94. The van der Waals surface area contributed by atoms with Crippen LogP contribution in [0.25, 0.3) is 0 Å². The Morgan fingerprint density at radius 3 is 2.88 bits per heavy atom. The van der Waals surface area contributed by atoms with Crippen LogP contribution in [0.5, 0.6) is 0 Å². The lowest BCUT2D eigenvalue weighted by molar-refractivity contribution is -0.0684. The Morgan fingerprint density at radius 2 is 2.06 bits per heavy atom. The Kier molecular flexibility index (Phi) is 2.66. The third-order valence-corrected chi connectivity index (χ3v) is 2.89. The Morgan fingerprint density at radius 1 is 1.24 bits per heavy atom. The van der Waals surface area contributed by atoms with E-state index in [0.717, 1.165) is 0 Å². The highest BCUT2D eigenvalue weighted by Crippen LogP contribution is 2.21. The maximum Gasteiger partial charge on any atom is 0.251 e. The van der Waals surface area contributed by atoms with Crippen LogP contribution in [0.15, 0.2) is 42.5 Å². The topological polar surface area (TPSA) is 47.6 Å². The van der Waals surface area contributed by atoms with Crippen molar-refractivity contribution in [2.45, 2.75) is 18.4 Å². The molecule has 1 saturated heterocycles. The van der Waals surface area contributed by atoms with Crippen molar-refractivity contribution in [2.24, 2.45) is 0 Å². The second kappa shape index (κ2) is 4.31. The summed E-state index contributed by atoms with van der Waals surface area (Å²) in [6.45, 7) is 0.568. The highest BCUT2D eigenvalue weighted by atomic mass is 16.7. The van der Waals surface area contributed by atoms with E-state index in [1.807, 2.05) is 30.4 Å². The summed E-state index contributed by atoms with van der Waals surface area (Å²) in [6.07, 6.45) is 3.56. The van der Waals surface area contributed by atoms with Crippen molar-refractivity contribution in [1.29, 1.82) is 0 Å². The van der Waals surface area contributed by atoms with Gasteiger partial charge in [0.1, 0.15) is 6.10 Å². The number of hydrogen-bond acceptors (Lipinski definition) is 3. The molecule has 1 aromatic carbocycles. The van der Waals surface area contributed by atoms with E-state index >= 15 is 0 Å². The van der Waals surface area contributed by atoms with Gasteiger partial charge in [0, 0.05) is 5.56 Å². The Balaban J connectivity index is 1.70. The van der Waals surface area contributed by atoms with Gasteiger partial charge in [0.05, 0.1) is 12.6 Å². The summed E-state index contributed by atoms with van der Waals surface area (Å²) < 4.78 is 10.9. The highest BCUT2D eigenvalue weighted by Gasteiger charge is 2.34. The number of carbonyl (C=O) groups is 1. The lowest BCUT2D eigenvalue weighted by Gasteiger charge is -2.23. The van der Waals surface area contributed by atoms with Gasteiger partial charge in [-0.1, -0.05) is 30.4 Å². The summed E-state index contributed by atoms with van der Waals surface area (Å²) in [5, 5.41) is 2.89. The number of rotatable bonds is 2. The fraction of sp³-hybridized carbons (Fsp3) is 0.308. The largest absolute Gasteiger partial charge is 0.347 e. The van der Waals surface area contributed by atoms with Crippen molar-refractivity contribution in [3.05, 3.63) is 48.0 Å². The van der Waals surface area contributed by atoms with Crippen molar-refractivity contribution < 1.29 is 14.3 Å². The second-order valence-corrected chi connectivity index (χ2v) is 4.13. The van der Waals surface area contributed by atoms with Crippen LogP contribution < -0.4 is 5.32 Å². The molecule has 2 aliphatic heterocycles. The van der Waals surface area contributed by atoms with E-state index in [0.29, 0.717) is 12.2 Å². The molecule has 1 amide bonds. The smallest absolute Gasteiger partial charge is 0.251 e. The SMILES string of the molecule is O=C(NC1C=CC2COC1O2)c1ccccc1. The zero-order chi connectivity index (χ0) is 11.7. The molecule has 0 radical (unpaired) electrons. The van der Waals surface area contributed by atoms with Gasteiger partial charge in [0.15, 0.2) is 6.29 Å². The van der Waals surface area contributed by atoms with E-state index in [9.17, 15) is 4.79 Å². The number of fused-ring (bicyclic) bond motifs is 2. The zero-order valence-electron chi connectivity index (χ0n) is 9.21. The van der Waals surface area contributed by atoms with Crippen molar-refractivity contribution in [3.63, 3.8) is 0 Å². The summed E-state index contributed by atoms with van der Waals surface area (Å²) in [5.41, 5.74) is 0.640. The van der Waals surface area contributed by atoms with Crippen LogP contribution in [-0.2, 0) is 9.47 Å². The minimum absolute atomic E-state index is 0.0462. The molecule has 4 nitrogen and oxygen atoms in total. The molecule has 4 heteroatoms. The number of benzene rings is 1. The molecule has 17 heavy (non-hydrogen) atoms. The van der Waals surface area contributed by atoms with Gasteiger partial charge in [-0.15, -0.1) is 0 Å². The zero-order valence-corrected chi connectivity index (χ0v) is 9.21. The number of hydrogen-bond donors (Lipinski definition) is 1. The first-order chi connectivity index (χ1) is 8.33. The molecule has 1 N–H and O–H groups in total. The van der Waals surface area contributed by atoms with Crippen LogP contribution in [0.4, 0.5) is 0 Å². The van der Waals surface area contributed by atoms with Gasteiger partial charge in [-0.2, -0.15) is 0 Å². The standard InChI is InChI=1S/C13H13NO3/c15-12(9-4-2-1-3-5-9)14-11-7-6-10-8-16-13(11)17-10/h1-7,10-11,13H,8H2,(H,14,15). The van der Waals surface area contributed by atoms with Gasteiger partial charge in [-0.3, -0.25) is 4.79 Å². The van der Waals surface area contributed by atoms with E-state index < -0.39 is 0 Å². The summed E-state index contributed by atoms with van der Waals surface area (Å²) in [6, 6.07) is 8.91. The average Bonchev–Trinajstić information content (AvgIpc) is 2.77. The molecule has 3 unspecified atom stereocenters. The van der Waals surface area contributed by atoms with Crippen molar-refractivity contribution in [1.82, 2.24) is 5.32 Å². The predicted molar refractivity (Wildman–Crippen MR) is 61.4 cm³/mol. The van der Waals surface area contributed by atoms with Crippen LogP contribution >= 0.6 is 0 Å². The van der Waals surface area contributed by atoms with Gasteiger partial charge >= 0.3 is 0 Å². The molecule has 2 aliphatic rings. The molecular formula is C13H13NO3. The third-order valence-electron chi connectivity index (χ3n) is 2.89. The Labute approximate surface area is 99.2 Å². The molecule has 3 rings (SSSR count).